The highest BCUT2D eigenvalue weighted by Crippen LogP contribution is 2.42. The number of hydrogen-bond donors (Lipinski definition) is 0. The van der Waals surface area contributed by atoms with Crippen molar-refractivity contribution in [2.75, 3.05) is 16.4 Å². The van der Waals surface area contributed by atoms with Gasteiger partial charge in [-0.15, -0.1) is 0 Å². The normalized spacial score (nSPS) is 26.4. The monoisotopic (exact) mass is 380 g/mol. The number of carbonyl (C=O) groups is 1. The second-order valence-electron chi connectivity index (χ2n) is 7.04. The third-order valence-electron chi connectivity index (χ3n) is 4.50. The molecule has 0 saturated carbocycles. The molecule has 2 atom stereocenters. The lowest BCUT2D eigenvalue weighted by Gasteiger charge is -2.26. The van der Waals surface area contributed by atoms with Gasteiger partial charge in [0.1, 0.15) is 0 Å². The lowest BCUT2D eigenvalue weighted by atomic mass is 10.1. The van der Waals surface area contributed by atoms with Crippen LogP contribution >= 0.6 is 11.8 Å². The molecule has 1 aromatic carbocycles. The molecule has 7 heteroatoms. The first kappa shape index (κ1) is 18.5. The van der Waals surface area contributed by atoms with E-state index in [4.69, 9.17) is 0 Å². The molecule has 2 heterocycles. The molecule has 1 aromatic rings. The number of anilines is 1. The smallest absolute Gasteiger partial charge is 0.248 e. The fourth-order valence-electron chi connectivity index (χ4n) is 3.39. The average molecular weight is 381 g/mol. The Labute approximate surface area is 153 Å². The molecule has 0 aromatic heterocycles. The van der Waals surface area contributed by atoms with Crippen LogP contribution in [0.4, 0.5) is 5.69 Å². The van der Waals surface area contributed by atoms with E-state index >= 15 is 0 Å². The molecule has 0 N–H and O–H groups in total. The summed E-state index contributed by atoms with van der Waals surface area (Å²) in [4.78, 5) is 18.6. The Morgan fingerprint density at radius 1 is 1.32 bits per heavy atom. The van der Waals surface area contributed by atoms with Crippen LogP contribution in [0.25, 0.3) is 0 Å². The van der Waals surface area contributed by atoms with Crippen LogP contribution in [0.3, 0.4) is 0 Å². The maximum absolute atomic E-state index is 12.2. The predicted octanol–water partition coefficient (Wildman–Crippen LogP) is 2.90. The number of nitrogens with zero attached hydrogens (tertiary/aromatic N) is 2. The van der Waals surface area contributed by atoms with Gasteiger partial charge in [-0.25, -0.2) is 8.42 Å². The molecule has 0 unspecified atom stereocenters. The lowest BCUT2D eigenvalue weighted by molar-refractivity contribution is -0.118. The number of benzene rings is 1. The van der Waals surface area contributed by atoms with Gasteiger partial charge in [0.25, 0.3) is 0 Å². The summed E-state index contributed by atoms with van der Waals surface area (Å²) in [5.41, 5.74) is 2.11. The molecule has 1 amide bonds. The Bertz CT molecular complexity index is 802. The number of hydrogen-bond acceptors (Lipinski definition) is 4. The zero-order valence-electron chi connectivity index (χ0n) is 14.8. The number of para-hydroxylation sites is 1. The van der Waals surface area contributed by atoms with Gasteiger partial charge in [0.05, 0.1) is 17.5 Å². The highest BCUT2D eigenvalue weighted by atomic mass is 32.2. The highest BCUT2D eigenvalue weighted by Gasteiger charge is 2.49. The van der Waals surface area contributed by atoms with Gasteiger partial charge in [-0.2, -0.15) is 4.99 Å². The number of carbonyl (C=O) groups excluding carboxylic acids is 1. The molecule has 0 radical (unpaired) electrons. The van der Waals surface area contributed by atoms with Crippen LogP contribution in [0.1, 0.15) is 32.8 Å². The van der Waals surface area contributed by atoms with E-state index < -0.39 is 9.84 Å². The van der Waals surface area contributed by atoms with Gasteiger partial charge in [0, 0.05) is 17.4 Å². The minimum absolute atomic E-state index is 0.0551. The maximum atomic E-state index is 12.2. The van der Waals surface area contributed by atoms with Crippen molar-refractivity contribution in [3.8, 4) is 0 Å². The van der Waals surface area contributed by atoms with Gasteiger partial charge >= 0.3 is 0 Å². The minimum atomic E-state index is -3.04. The first-order valence-electron chi connectivity index (χ1n) is 8.66. The molecule has 0 aliphatic carbocycles. The van der Waals surface area contributed by atoms with Crippen molar-refractivity contribution in [1.82, 2.24) is 0 Å². The van der Waals surface area contributed by atoms with Crippen molar-refractivity contribution in [3.63, 3.8) is 0 Å². The molecular weight excluding hydrogens is 356 g/mol. The molecular formula is C18H24N2O3S2. The van der Waals surface area contributed by atoms with Crippen LogP contribution in [0, 0.1) is 5.92 Å². The number of rotatable bonds is 4. The quantitative estimate of drug-likeness (QED) is 0.803. The van der Waals surface area contributed by atoms with Crippen molar-refractivity contribution in [2.45, 2.75) is 44.9 Å². The summed E-state index contributed by atoms with van der Waals surface area (Å²) in [6.45, 7) is 6.06. The van der Waals surface area contributed by atoms with E-state index in [9.17, 15) is 13.2 Å². The second-order valence-corrected chi connectivity index (χ2v) is 10.4. The first-order valence-corrected chi connectivity index (χ1v) is 11.4. The predicted molar refractivity (Wildman–Crippen MR) is 104 cm³/mol. The van der Waals surface area contributed by atoms with Gasteiger partial charge in [0.15, 0.2) is 15.0 Å². The van der Waals surface area contributed by atoms with E-state index in [2.05, 4.69) is 11.9 Å². The van der Waals surface area contributed by atoms with Crippen LogP contribution in [0.15, 0.2) is 29.3 Å². The molecule has 25 heavy (non-hydrogen) atoms. The molecule has 0 spiro atoms. The topological polar surface area (TPSA) is 66.8 Å². The van der Waals surface area contributed by atoms with Gasteiger partial charge in [0.2, 0.25) is 5.91 Å². The average Bonchev–Trinajstić information content (AvgIpc) is 2.97. The van der Waals surface area contributed by atoms with E-state index in [0.29, 0.717) is 11.6 Å². The fourth-order valence-corrected chi connectivity index (χ4v) is 7.32. The second kappa shape index (κ2) is 7.11. The SMILES string of the molecule is CCc1ccccc1N1C(=NC(=O)CC(C)C)S[C@@H]2CS(=O)(=O)C[C@@H]21. The number of fused-ring (bicyclic) bond motifs is 1. The van der Waals surface area contributed by atoms with Crippen molar-refractivity contribution < 1.29 is 13.2 Å². The van der Waals surface area contributed by atoms with E-state index in [-0.39, 0.29) is 34.6 Å². The summed E-state index contributed by atoms with van der Waals surface area (Å²) >= 11 is 1.44. The van der Waals surface area contributed by atoms with Gasteiger partial charge in [-0.05, 0) is 24.0 Å². The minimum Gasteiger partial charge on any atom is -0.315 e. The lowest BCUT2D eigenvalue weighted by Crippen LogP contribution is -2.38. The van der Waals surface area contributed by atoms with Crippen LogP contribution < -0.4 is 4.90 Å². The molecule has 2 aliphatic heterocycles. The summed E-state index contributed by atoms with van der Waals surface area (Å²) in [5, 5.41) is 0.594. The Balaban J connectivity index is 2.01. The van der Waals surface area contributed by atoms with Crippen molar-refractivity contribution in [1.29, 1.82) is 0 Å². The molecule has 2 saturated heterocycles. The molecule has 3 rings (SSSR count). The number of aryl methyl sites for hydroxylation is 1. The number of sulfone groups is 1. The number of thioether (sulfide) groups is 1. The van der Waals surface area contributed by atoms with Gasteiger partial charge < -0.3 is 4.90 Å². The molecule has 2 fully saturated rings. The Morgan fingerprint density at radius 3 is 2.72 bits per heavy atom. The van der Waals surface area contributed by atoms with E-state index in [0.717, 1.165) is 17.7 Å². The van der Waals surface area contributed by atoms with Crippen LogP contribution in [0.2, 0.25) is 0 Å². The standard InChI is InChI=1S/C18H24N2O3S2/c1-4-13-7-5-6-8-14(13)20-15-10-25(22,23)11-16(15)24-18(20)19-17(21)9-12(2)3/h5-8,12,15-16H,4,9-11H2,1-3H3/t15-,16+/m0/s1. The number of amides is 1. The van der Waals surface area contributed by atoms with Gasteiger partial charge in [-0.1, -0.05) is 50.7 Å². The van der Waals surface area contributed by atoms with Crippen LogP contribution in [-0.4, -0.2) is 42.3 Å². The van der Waals surface area contributed by atoms with Crippen molar-refractivity contribution in [3.05, 3.63) is 29.8 Å². The molecule has 5 nitrogen and oxygen atoms in total. The number of amidine groups is 1. The largest absolute Gasteiger partial charge is 0.315 e. The first-order chi connectivity index (χ1) is 11.8. The fraction of sp³-hybridized carbons (Fsp3) is 0.556. The summed E-state index contributed by atoms with van der Waals surface area (Å²) < 4.78 is 24.2. The van der Waals surface area contributed by atoms with Crippen molar-refractivity contribution >= 4 is 38.4 Å². The third-order valence-corrected chi connectivity index (χ3v) is 7.71. The van der Waals surface area contributed by atoms with Crippen molar-refractivity contribution in [2.24, 2.45) is 10.9 Å². The summed E-state index contributed by atoms with van der Waals surface area (Å²) in [7, 11) is -3.04. The Hall–Kier alpha value is -1.34. The zero-order valence-corrected chi connectivity index (χ0v) is 16.4. The van der Waals surface area contributed by atoms with E-state index in [1.807, 2.05) is 43.0 Å². The summed E-state index contributed by atoms with van der Waals surface area (Å²) in [5.74, 6) is 0.392. The summed E-state index contributed by atoms with van der Waals surface area (Å²) in [6.07, 6.45) is 1.25. The zero-order chi connectivity index (χ0) is 18.2. The summed E-state index contributed by atoms with van der Waals surface area (Å²) in [6, 6.07) is 7.83. The Kier molecular flexibility index (Phi) is 5.25. The van der Waals surface area contributed by atoms with E-state index in [1.54, 1.807) is 0 Å². The number of aliphatic imine (C=N–C) groups is 1. The molecule has 0 bridgehead atoms. The van der Waals surface area contributed by atoms with Crippen LogP contribution in [0.5, 0.6) is 0 Å². The highest BCUT2D eigenvalue weighted by molar-refractivity contribution is 8.16. The maximum Gasteiger partial charge on any atom is 0.248 e. The van der Waals surface area contributed by atoms with E-state index in [1.165, 1.54) is 11.8 Å². The van der Waals surface area contributed by atoms with Crippen LogP contribution in [-0.2, 0) is 21.1 Å². The molecule has 136 valence electrons. The van der Waals surface area contributed by atoms with Gasteiger partial charge in [-0.3, -0.25) is 4.79 Å². The molecule has 2 aliphatic rings. The Morgan fingerprint density at radius 2 is 2.04 bits per heavy atom. The third kappa shape index (κ3) is 3.92.